The van der Waals surface area contributed by atoms with Crippen LogP contribution in [0.4, 0.5) is 5.69 Å². The maximum atomic E-state index is 12.7. The van der Waals surface area contributed by atoms with Crippen LogP contribution in [0.5, 0.6) is 5.75 Å². The lowest BCUT2D eigenvalue weighted by molar-refractivity contribution is -0.139. The van der Waals surface area contributed by atoms with Crippen LogP contribution < -0.4 is 10.1 Å². The van der Waals surface area contributed by atoms with Gasteiger partial charge in [0.1, 0.15) is 18.0 Å². The highest BCUT2D eigenvalue weighted by Gasteiger charge is 2.33. The van der Waals surface area contributed by atoms with Gasteiger partial charge in [0, 0.05) is 24.9 Å². The predicted octanol–water partition coefficient (Wildman–Crippen LogP) is 4.86. The molecule has 0 spiro atoms. The maximum absolute atomic E-state index is 12.7. The van der Waals surface area contributed by atoms with E-state index in [-0.39, 0.29) is 5.91 Å². The molecule has 0 unspecified atom stereocenters. The number of nitrogens with one attached hydrogen (secondary N) is 1. The van der Waals surface area contributed by atoms with E-state index in [2.05, 4.69) is 24.1 Å². The van der Waals surface area contributed by atoms with Crippen LogP contribution in [0, 0.1) is 0 Å². The van der Waals surface area contributed by atoms with Gasteiger partial charge in [-0.1, -0.05) is 26.2 Å². The number of amides is 1. The SMILES string of the molecule is CCCC[C@](C)(OCC)C(=O)Nc1ccc(OCCN2CCCC[C@H]2C)cc1. The van der Waals surface area contributed by atoms with Gasteiger partial charge in [-0.3, -0.25) is 9.69 Å². The van der Waals surface area contributed by atoms with E-state index in [1.165, 1.54) is 25.8 Å². The smallest absolute Gasteiger partial charge is 0.256 e. The number of hydrogen-bond acceptors (Lipinski definition) is 4. The minimum absolute atomic E-state index is 0.0874. The molecule has 1 aromatic carbocycles. The highest BCUT2D eigenvalue weighted by Crippen LogP contribution is 2.23. The monoisotopic (exact) mass is 390 g/mol. The van der Waals surface area contributed by atoms with Gasteiger partial charge < -0.3 is 14.8 Å². The first-order valence-electron chi connectivity index (χ1n) is 10.9. The quantitative estimate of drug-likeness (QED) is 0.586. The van der Waals surface area contributed by atoms with Crippen LogP contribution >= 0.6 is 0 Å². The average Bonchev–Trinajstić information content (AvgIpc) is 2.69. The lowest BCUT2D eigenvalue weighted by atomic mass is 9.97. The molecule has 0 bridgehead atoms. The lowest BCUT2D eigenvalue weighted by Crippen LogP contribution is -2.42. The van der Waals surface area contributed by atoms with Gasteiger partial charge in [0.15, 0.2) is 0 Å². The van der Waals surface area contributed by atoms with Crippen molar-refractivity contribution in [3.8, 4) is 5.75 Å². The van der Waals surface area contributed by atoms with Crippen molar-refractivity contribution >= 4 is 11.6 Å². The van der Waals surface area contributed by atoms with E-state index in [4.69, 9.17) is 9.47 Å². The van der Waals surface area contributed by atoms with Crippen LogP contribution in [0.25, 0.3) is 0 Å². The van der Waals surface area contributed by atoms with Gasteiger partial charge in [-0.05, 0) is 70.8 Å². The molecule has 1 N–H and O–H groups in total. The number of nitrogens with zero attached hydrogens (tertiary/aromatic N) is 1. The van der Waals surface area contributed by atoms with Crippen LogP contribution in [-0.2, 0) is 9.53 Å². The van der Waals surface area contributed by atoms with E-state index in [9.17, 15) is 4.79 Å². The van der Waals surface area contributed by atoms with Crippen LogP contribution in [0.15, 0.2) is 24.3 Å². The number of anilines is 1. The molecule has 1 aliphatic rings. The van der Waals surface area contributed by atoms with Crippen molar-refractivity contribution in [3.05, 3.63) is 24.3 Å². The Morgan fingerprint density at radius 1 is 1.25 bits per heavy atom. The highest BCUT2D eigenvalue weighted by atomic mass is 16.5. The number of likely N-dealkylation sites (tertiary alicyclic amines) is 1. The zero-order valence-corrected chi connectivity index (χ0v) is 18.1. The van der Waals surface area contributed by atoms with Gasteiger partial charge in [-0.2, -0.15) is 0 Å². The summed E-state index contributed by atoms with van der Waals surface area (Å²) in [6.45, 7) is 11.6. The molecule has 5 nitrogen and oxygen atoms in total. The molecule has 1 amide bonds. The number of carbonyl (C=O) groups is 1. The molecule has 1 fully saturated rings. The normalized spacial score (nSPS) is 19.8. The average molecular weight is 391 g/mol. The van der Waals surface area contributed by atoms with Crippen LogP contribution in [0.2, 0.25) is 0 Å². The Bertz CT molecular complexity index is 590. The summed E-state index contributed by atoms with van der Waals surface area (Å²) in [6.07, 6.45) is 6.64. The first-order chi connectivity index (χ1) is 13.5. The summed E-state index contributed by atoms with van der Waals surface area (Å²) >= 11 is 0. The molecule has 158 valence electrons. The Balaban J connectivity index is 1.83. The summed E-state index contributed by atoms with van der Waals surface area (Å²) in [6, 6.07) is 8.27. The molecule has 0 radical (unpaired) electrons. The summed E-state index contributed by atoms with van der Waals surface area (Å²) in [5.41, 5.74) is -0.0186. The molecule has 0 aromatic heterocycles. The number of carbonyl (C=O) groups excluding carboxylic acids is 1. The van der Waals surface area contributed by atoms with E-state index in [0.717, 1.165) is 37.2 Å². The highest BCUT2D eigenvalue weighted by molar-refractivity contribution is 5.97. The third-order valence-electron chi connectivity index (χ3n) is 5.65. The van der Waals surface area contributed by atoms with Gasteiger partial charge >= 0.3 is 0 Å². The van der Waals surface area contributed by atoms with E-state index in [1.54, 1.807) is 0 Å². The molecule has 5 heteroatoms. The largest absolute Gasteiger partial charge is 0.492 e. The molecule has 0 aliphatic carbocycles. The molecule has 1 aliphatic heterocycles. The van der Waals surface area contributed by atoms with Gasteiger partial charge in [-0.25, -0.2) is 0 Å². The summed E-state index contributed by atoms with van der Waals surface area (Å²) in [4.78, 5) is 15.2. The molecule has 2 rings (SSSR count). The molecular formula is C23H38N2O3. The van der Waals surface area contributed by atoms with Crippen molar-refractivity contribution in [2.75, 3.05) is 31.6 Å². The van der Waals surface area contributed by atoms with Crippen molar-refractivity contribution in [1.29, 1.82) is 0 Å². The van der Waals surface area contributed by atoms with Crippen molar-refractivity contribution in [2.24, 2.45) is 0 Å². The van der Waals surface area contributed by atoms with E-state index in [1.807, 2.05) is 38.1 Å². The lowest BCUT2D eigenvalue weighted by Gasteiger charge is -2.33. The second-order valence-electron chi connectivity index (χ2n) is 7.98. The van der Waals surface area contributed by atoms with Gasteiger partial charge in [0.2, 0.25) is 0 Å². The Morgan fingerprint density at radius 2 is 2.00 bits per heavy atom. The Hall–Kier alpha value is -1.59. The Morgan fingerprint density at radius 3 is 2.64 bits per heavy atom. The standard InChI is InChI=1S/C23H38N2O3/c1-5-7-15-23(4,28-6-2)22(26)24-20-11-13-21(14-12-20)27-18-17-25-16-9-8-10-19(25)3/h11-14,19H,5-10,15-18H2,1-4H3,(H,24,26)/t19-,23+/m1/s1. The van der Waals surface area contributed by atoms with Crippen LogP contribution in [0.3, 0.4) is 0 Å². The van der Waals surface area contributed by atoms with Crippen LogP contribution in [-0.4, -0.2) is 48.8 Å². The van der Waals surface area contributed by atoms with Gasteiger partial charge in [0.05, 0.1) is 0 Å². The van der Waals surface area contributed by atoms with Crippen molar-refractivity contribution in [3.63, 3.8) is 0 Å². The summed E-state index contributed by atoms with van der Waals surface area (Å²) in [5.74, 6) is 0.747. The van der Waals surface area contributed by atoms with Crippen LogP contribution in [0.1, 0.15) is 66.2 Å². The van der Waals surface area contributed by atoms with E-state index < -0.39 is 5.60 Å². The fourth-order valence-corrected chi connectivity index (χ4v) is 3.75. The van der Waals surface area contributed by atoms with Gasteiger partial charge in [0.25, 0.3) is 5.91 Å². The molecule has 2 atom stereocenters. The molecular weight excluding hydrogens is 352 g/mol. The van der Waals surface area contributed by atoms with E-state index >= 15 is 0 Å². The minimum atomic E-state index is -0.787. The second-order valence-corrected chi connectivity index (χ2v) is 7.98. The van der Waals surface area contributed by atoms with Crippen molar-refractivity contribution < 1.29 is 14.3 Å². The fourth-order valence-electron chi connectivity index (χ4n) is 3.75. The second kappa shape index (κ2) is 11.4. The fraction of sp³-hybridized carbons (Fsp3) is 0.696. The van der Waals surface area contributed by atoms with Crippen molar-refractivity contribution in [1.82, 2.24) is 4.90 Å². The first kappa shape index (κ1) is 22.7. The molecule has 1 saturated heterocycles. The molecule has 1 heterocycles. The number of benzene rings is 1. The molecule has 1 aromatic rings. The number of hydrogen-bond donors (Lipinski definition) is 1. The predicted molar refractivity (Wildman–Crippen MR) is 115 cm³/mol. The molecule has 28 heavy (non-hydrogen) atoms. The van der Waals surface area contributed by atoms with E-state index in [0.29, 0.717) is 19.3 Å². The number of piperidine rings is 1. The van der Waals surface area contributed by atoms with Crippen molar-refractivity contribution in [2.45, 2.75) is 77.9 Å². The summed E-state index contributed by atoms with van der Waals surface area (Å²) in [5, 5.41) is 2.99. The summed E-state index contributed by atoms with van der Waals surface area (Å²) < 4.78 is 11.7. The zero-order valence-electron chi connectivity index (χ0n) is 18.1. The number of rotatable bonds is 11. The minimum Gasteiger partial charge on any atom is -0.492 e. The Labute approximate surface area is 170 Å². The number of unbranched alkanes of at least 4 members (excludes halogenated alkanes) is 1. The molecule has 0 saturated carbocycles. The topological polar surface area (TPSA) is 50.8 Å². The third kappa shape index (κ3) is 6.78. The third-order valence-corrected chi connectivity index (χ3v) is 5.65. The van der Waals surface area contributed by atoms with Gasteiger partial charge in [-0.15, -0.1) is 0 Å². The number of ether oxygens (including phenoxy) is 2. The first-order valence-corrected chi connectivity index (χ1v) is 10.9. The maximum Gasteiger partial charge on any atom is 0.256 e. The zero-order chi connectivity index (χ0) is 20.4. The Kier molecular flexibility index (Phi) is 9.26. The summed E-state index contributed by atoms with van der Waals surface area (Å²) in [7, 11) is 0.